The molecule has 1 atom stereocenters. The van der Waals surface area contributed by atoms with Crippen LogP contribution in [-0.2, 0) is 11.3 Å². The highest BCUT2D eigenvalue weighted by atomic mass is 16.2. The molecule has 1 aliphatic heterocycles. The number of piperazine rings is 1. The lowest BCUT2D eigenvalue weighted by Gasteiger charge is -2.40. The van der Waals surface area contributed by atoms with Crippen LogP contribution in [0.5, 0.6) is 0 Å². The zero-order valence-electron chi connectivity index (χ0n) is 19.8. The third-order valence-corrected chi connectivity index (χ3v) is 5.87. The fraction of sp³-hybridized carbons (Fsp3) is 0.308. The molecule has 1 unspecified atom stereocenters. The van der Waals surface area contributed by atoms with Crippen LogP contribution in [0.15, 0.2) is 60.7 Å². The van der Waals surface area contributed by atoms with Gasteiger partial charge in [0.1, 0.15) is 6.04 Å². The van der Waals surface area contributed by atoms with Gasteiger partial charge in [-0.05, 0) is 43.7 Å². The molecule has 34 heavy (non-hydrogen) atoms. The van der Waals surface area contributed by atoms with Gasteiger partial charge in [-0.25, -0.2) is 9.97 Å². The number of anilines is 2. The van der Waals surface area contributed by atoms with Crippen molar-refractivity contribution in [2.75, 3.05) is 32.0 Å². The van der Waals surface area contributed by atoms with Crippen molar-refractivity contribution in [2.24, 2.45) is 0 Å². The zero-order valence-corrected chi connectivity index (χ0v) is 19.8. The van der Waals surface area contributed by atoms with E-state index in [1.54, 1.807) is 24.1 Å². The monoisotopic (exact) mass is 458 g/mol. The number of aromatic nitrogens is 2. The highest BCUT2D eigenvalue weighted by Gasteiger charge is 2.35. The van der Waals surface area contributed by atoms with Crippen LogP contribution in [0, 0.1) is 13.8 Å². The second-order valence-corrected chi connectivity index (χ2v) is 8.53. The number of aryl methyl sites for hydroxylation is 2. The van der Waals surface area contributed by atoms with Crippen molar-refractivity contribution in [1.29, 1.82) is 0 Å². The van der Waals surface area contributed by atoms with Gasteiger partial charge in [0.25, 0.3) is 5.91 Å². The first kappa shape index (κ1) is 23.4. The Morgan fingerprint density at radius 2 is 1.71 bits per heavy atom. The van der Waals surface area contributed by atoms with Gasteiger partial charge >= 0.3 is 0 Å². The Kier molecular flexibility index (Phi) is 7.18. The van der Waals surface area contributed by atoms with Crippen molar-refractivity contribution in [3.63, 3.8) is 0 Å². The summed E-state index contributed by atoms with van der Waals surface area (Å²) in [5.74, 6) is 0.154. The fourth-order valence-electron chi connectivity index (χ4n) is 4.27. The number of benzene rings is 2. The van der Waals surface area contributed by atoms with E-state index in [9.17, 15) is 9.59 Å². The molecule has 1 aromatic heterocycles. The summed E-state index contributed by atoms with van der Waals surface area (Å²) in [4.78, 5) is 38.9. The van der Waals surface area contributed by atoms with E-state index in [0.717, 1.165) is 23.6 Å². The standard InChI is InChI=1S/C26H30N6O2/c1-18-14-19(2)29-26(28-18)30-22-11-7-10-21(15-22)25(34)32-13-12-31(17-23(32)24(33)27-3)16-20-8-5-4-6-9-20/h4-11,14-15,23H,12-13,16-17H2,1-3H3,(H,27,33)(H,28,29,30). The molecule has 0 spiro atoms. The molecule has 0 bridgehead atoms. The molecule has 8 heteroatoms. The van der Waals surface area contributed by atoms with E-state index in [1.165, 1.54) is 5.56 Å². The molecule has 1 fully saturated rings. The van der Waals surface area contributed by atoms with Gasteiger partial charge in [-0.3, -0.25) is 14.5 Å². The maximum atomic E-state index is 13.5. The van der Waals surface area contributed by atoms with Crippen molar-refractivity contribution in [3.05, 3.63) is 83.2 Å². The van der Waals surface area contributed by atoms with E-state index in [0.29, 0.717) is 31.1 Å². The number of likely N-dealkylation sites (N-methyl/N-ethyl adjacent to an activating group) is 1. The molecular weight excluding hydrogens is 428 g/mol. The Morgan fingerprint density at radius 1 is 0.971 bits per heavy atom. The predicted molar refractivity (Wildman–Crippen MR) is 132 cm³/mol. The average Bonchev–Trinajstić information content (AvgIpc) is 2.83. The molecule has 1 saturated heterocycles. The van der Waals surface area contributed by atoms with Crippen molar-refractivity contribution >= 4 is 23.5 Å². The molecule has 8 nitrogen and oxygen atoms in total. The molecule has 176 valence electrons. The number of rotatable bonds is 6. The summed E-state index contributed by atoms with van der Waals surface area (Å²) in [6, 6.07) is 18.7. The van der Waals surface area contributed by atoms with E-state index in [4.69, 9.17) is 0 Å². The minimum absolute atomic E-state index is 0.163. The number of carbonyl (C=O) groups excluding carboxylic acids is 2. The van der Waals surface area contributed by atoms with Crippen LogP contribution in [0.3, 0.4) is 0 Å². The second kappa shape index (κ2) is 10.4. The summed E-state index contributed by atoms with van der Waals surface area (Å²) in [7, 11) is 1.61. The maximum Gasteiger partial charge on any atom is 0.254 e. The summed E-state index contributed by atoms with van der Waals surface area (Å²) in [6.07, 6.45) is 0. The normalized spacial score (nSPS) is 16.2. The molecule has 2 N–H and O–H groups in total. The Hall–Kier alpha value is -3.78. The SMILES string of the molecule is CNC(=O)C1CN(Cc2ccccc2)CCN1C(=O)c1cccc(Nc2nc(C)cc(C)n2)c1. The minimum atomic E-state index is -0.561. The first-order valence-electron chi connectivity index (χ1n) is 11.4. The van der Waals surface area contributed by atoms with Gasteiger partial charge in [-0.1, -0.05) is 36.4 Å². The first-order valence-corrected chi connectivity index (χ1v) is 11.4. The van der Waals surface area contributed by atoms with E-state index in [-0.39, 0.29) is 11.8 Å². The summed E-state index contributed by atoms with van der Waals surface area (Å²) in [6.45, 7) is 6.22. The summed E-state index contributed by atoms with van der Waals surface area (Å²) < 4.78 is 0. The van der Waals surface area contributed by atoms with E-state index in [2.05, 4.69) is 37.6 Å². The highest BCUT2D eigenvalue weighted by Crippen LogP contribution is 2.20. The lowest BCUT2D eigenvalue weighted by molar-refractivity contribution is -0.127. The number of nitrogens with zero attached hydrogens (tertiary/aromatic N) is 4. The first-order chi connectivity index (χ1) is 16.4. The van der Waals surface area contributed by atoms with Crippen LogP contribution in [0.25, 0.3) is 0 Å². The Bertz CT molecular complexity index is 1150. The largest absolute Gasteiger partial charge is 0.357 e. The Morgan fingerprint density at radius 3 is 2.41 bits per heavy atom. The molecule has 0 saturated carbocycles. The summed E-state index contributed by atoms with van der Waals surface area (Å²) in [5, 5.41) is 5.90. The van der Waals surface area contributed by atoms with Gasteiger partial charge in [0.05, 0.1) is 0 Å². The third kappa shape index (κ3) is 5.58. The molecule has 3 aromatic rings. The smallest absolute Gasteiger partial charge is 0.254 e. The van der Waals surface area contributed by atoms with Crippen LogP contribution < -0.4 is 10.6 Å². The van der Waals surface area contributed by atoms with Crippen LogP contribution in [0.2, 0.25) is 0 Å². The number of nitrogens with one attached hydrogen (secondary N) is 2. The van der Waals surface area contributed by atoms with Crippen molar-refractivity contribution in [2.45, 2.75) is 26.4 Å². The predicted octanol–water partition coefficient (Wildman–Crippen LogP) is 2.91. The van der Waals surface area contributed by atoms with E-state index >= 15 is 0 Å². The molecule has 2 aromatic carbocycles. The van der Waals surface area contributed by atoms with Gasteiger partial charge < -0.3 is 15.5 Å². The summed E-state index contributed by atoms with van der Waals surface area (Å²) in [5.41, 5.74) is 4.15. The molecule has 2 heterocycles. The van der Waals surface area contributed by atoms with Crippen molar-refractivity contribution < 1.29 is 9.59 Å². The zero-order chi connectivity index (χ0) is 24.1. The van der Waals surface area contributed by atoms with E-state index in [1.807, 2.05) is 50.2 Å². The van der Waals surface area contributed by atoms with Gasteiger partial charge in [0.2, 0.25) is 11.9 Å². The summed E-state index contributed by atoms with van der Waals surface area (Å²) >= 11 is 0. The second-order valence-electron chi connectivity index (χ2n) is 8.53. The Balaban J connectivity index is 1.50. The lowest BCUT2D eigenvalue weighted by atomic mass is 10.1. The molecule has 0 radical (unpaired) electrons. The Labute approximate surface area is 200 Å². The number of hydrogen-bond acceptors (Lipinski definition) is 6. The minimum Gasteiger partial charge on any atom is -0.357 e. The third-order valence-electron chi connectivity index (χ3n) is 5.87. The van der Waals surface area contributed by atoms with Crippen LogP contribution in [0.1, 0.15) is 27.3 Å². The number of amides is 2. The van der Waals surface area contributed by atoms with Crippen LogP contribution in [-0.4, -0.2) is 64.3 Å². The van der Waals surface area contributed by atoms with Crippen molar-refractivity contribution in [1.82, 2.24) is 25.1 Å². The molecule has 1 aliphatic rings. The van der Waals surface area contributed by atoms with Gasteiger partial charge in [-0.2, -0.15) is 0 Å². The lowest BCUT2D eigenvalue weighted by Crippen LogP contribution is -2.60. The fourth-order valence-corrected chi connectivity index (χ4v) is 4.27. The number of carbonyl (C=O) groups is 2. The van der Waals surface area contributed by atoms with Gasteiger partial charge in [0.15, 0.2) is 0 Å². The van der Waals surface area contributed by atoms with Gasteiger partial charge in [0, 0.05) is 55.9 Å². The number of hydrogen-bond donors (Lipinski definition) is 2. The van der Waals surface area contributed by atoms with Gasteiger partial charge in [-0.15, -0.1) is 0 Å². The van der Waals surface area contributed by atoms with E-state index < -0.39 is 6.04 Å². The van der Waals surface area contributed by atoms with Crippen LogP contribution >= 0.6 is 0 Å². The molecular formula is C26H30N6O2. The van der Waals surface area contributed by atoms with Crippen molar-refractivity contribution in [3.8, 4) is 0 Å². The topological polar surface area (TPSA) is 90.5 Å². The maximum absolute atomic E-state index is 13.5. The molecule has 4 rings (SSSR count). The molecule has 0 aliphatic carbocycles. The average molecular weight is 459 g/mol. The quantitative estimate of drug-likeness (QED) is 0.590. The highest BCUT2D eigenvalue weighted by molar-refractivity contribution is 5.98. The van der Waals surface area contributed by atoms with Crippen LogP contribution in [0.4, 0.5) is 11.6 Å². The molecule has 2 amide bonds.